The van der Waals surface area contributed by atoms with Gasteiger partial charge in [-0.1, -0.05) is 29.5 Å². The zero-order chi connectivity index (χ0) is 22.4. The van der Waals surface area contributed by atoms with Crippen molar-refractivity contribution in [2.24, 2.45) is 0 Å². The topological polar surface area (TPSA) is 86.1 Å². The Bertz CT molecular complexity index is 1050. The number of benzene rings is 2. The summed E-state index contributed by atoms with van der Waals surface area (Å²) in [4.78, 5) is 25.0. The molecule has 1 N–H and O–H groups in total. The summed E-state index contributed by atoms with van der Waals surface area (Å²) in [5.74, 6) is 1.44. The number of carbonyl (C=O) groups excluding carboxylic acids is 2. The molecule has 0 saturated heterocycles. The molecule has 7 nitrogen and oxygen atoms in total. The van der Waals surface area contributed by atoms with E-state index >= 15 is 0 Å². The zero-order valence-corrected chi connectivity index (χ0v) is 18.9. The highest BCUT2D eigenvalue weighted by molar-refractivity contribution is 7.99. The van der Waals surface area contributed by atoms with Gasteiger partial charge in [0.2, 0.25) is 0 Å². The molecule has 0 saturated carbocycles. The number of hydrogen-bond acceptors (Lipinski definition) is 6. The van der Waals surface area contributed by atoms with Crippen molar-refractivity contribution >= 4 is 23.5 Å². The van der Waals surface area contributed by atoms with Crippen molar-refractivity contribution in [2.45, 2.75) is 38.5 Å². The van der Waals surface area contributed by atoms with E-state index in [0.717, 1.165) is 5.56 Å². The van der Waals surface area contributed by atoms with E-state index in [-0.39, 0.29) is 23.5 Å². The van der Waals surface area contributed by atoms with Crippen LogP contribution in [0.3, 0.4) is 0 Å². The normalized spacial score (nSPS) is 11.7. The number of ketones is 1. The number of carbonyl (C=O) groups is 2. The number of methoxy groups -OCH3 is 1. The van der Waals surface area contributed by atoms with Crippen molar-refractivity contribution in [1.29, 1.82) is 0 Å². The predicted octanol–water partition coefficient (Wildman–Crippen LogP) is 4.08. The zero-order valence-electron chi connectivity index (χ0n) is 18.1. The summed E-state index contributed by atoms with van der Waals surface area (Å²) in [6.45, 7) is 6.47. The van der Waals surface area contributed by atoms with E-state index in [2.05, 4.69) is 15.5 Å². The quantitative estimate of drug-likeness (QED) is 0.400. The maximum absolute atomic E-state index is 12.5. The van der Waals surface area contributed by atoms with Crippen LogP contribution < -0.4 is 10.1 Å². The summed E-state index contributed by atoms with van der Waals surface area (Å²) in [6.07, 6.45) is 0. The molecule has 0 bridgehead atoms. The number of amides is 1. The lowest BCUT2D eigenvalue weighted by Crippen LogP contribution is -2.28. The molecule has 2 aromatic carbocycles. The molecule has 8 heteroatoms. The number of nitrogens with one attached hydrogen (secondary N) is 1. The number of thioether (sulfide) groups is 1. The second-order valence-corrected chi connectivity index (χ2v) is 8.03. The maximum atomic E-state index is 12.5. The molecule has 31 heavy (non-hydrogen) atoms. The Balaban J connectivity index is 1.65. The lowest BCUT2D eigenvalue weighted by molar-refractivity contribution is 0.0936. The van der Waals surface area contributed by atoms with Crippen LogP contribution in [-0.2, 0) is 6.54 Å². The third kappa shape index (κ3) is 5.52. The lowest BCUT2D eigenvalue weighted by Gasteiger charge is -2.15. The van der Waals surface area contributed by atoms with Gasteiger partial charge in [-0.25, -0.2) is 0 Å². The van der Waals surface area contributed by atoms with Gasteiger partial charge in [0.1, 0.15) is 5.75 Å². The first-order valence-corrected chi connectivity index (χ1v) is 11.0. The fraction of sp³-hybridized carbons (Fsp3) is 0.304. The van der Waals surface area contributed by atoms with Gasteiger partial charge >= 0.3 is 0 Å². The van der Waals surface area contributed by atoms with Crippen molar-refractivity contribution < 1.29 is 14.3 Å². The second kappa shape index (κ2) is 10.3. The van der Waals surface area contributed by atoms with Crippen LogP contribution in [0.4, 0.5) is 0 Å². The van der Waals surface area contributed by atoms with Crippen LogP contribution >= 0.6 is 11.8 Å². The average molecular weight is 439 g/mol. The minimum Gasteiger partial charge on any atom is -0.497 e. The summed E-state index contributed by atoms with van der Waals surface area (Å²) in [5, 5.41) is 12.1. The molecular weight excluding hydrogens is 412 g/mol. The van der Waals surface area contributed by atoms with Crippen LogP contribution in [0.25, 0.3) is 0 Å². The van der Waals surface area contributed by atoms with Crippen LogP contribution in [-0.4, -0.2) is 39.3 Å². The molecule has 1 aromatic heterocycles. The summed E-state index contributed by atoms with van der Waals surface area (Å²) >= 11 is 1.34. The van der Waals surface area contributed by atoms with Gasteiger partial charge in [-0.15, -0.1) is 10.2 Å². The van der Waals surface area contributed by atoms with Crippen molar-refractivity contribution in [3.63, 3.8) is 0 Å². The van der Waals surface area contributed by atoms with Gasteiger partial charge < -0.3 is 14.6 Å². The first-order chi connectivity index (χ1) is 14.9. The van der Waals surface area contributed by atoms with Crippen molar-refractivity contribution in [3.05, 3.63) is 71.0 Å². The van der Waals surface area contributed by atoms with E-state index in [1.165, 1.54) is 11.8 Å². The summed E-state index contributed by atoms with van der Waals surface area (Å²) < 4.78 is 7.05. The first-order valence-electron chi connectivity index (χ1n) is 10.0. The third-order valence-corrected chi connectivity index (χ3v) is 5.82. The second-order valence-electron chi connectivity index (χ2n) is 7.09. The van der Waals surface area contributed by atoms with E-state index < -0.39 is 0 Å². The van der Waals surface area contributed by atoms with Gasteiger partial charge in [-0.3, -0.25) is 9.59 Å². The predicted molar refractivity (Wildman–Crippen MR) is 121 cm³/mol. The first kappa shape index (κ1) is 22.6. The van der Waals surface area contributed by atoms with E-state index in [1.54, 1.807) is 43.5 Å². The van der Waals surface area contributed by atoms with Gasteiger partial charge in [0.15, 0.2) is 16.8 Å². The number of aryl methyl sites for hydroxylation is 1. The monoisotopic (exact) mass is 438 g/mol. The molecule has 0 fully saturated rings. The van der Waals surface area contributed by atoms with Gasteiger partial charge in [0.05, 0.1) is 18.9 Å². The molecule has 0 aliphatic rings. The fourth-order valence-corrected chi connectivity index (χ4v) is 3.97. The number of ether oxygens (including phenoxy) is 1. The van der Waals surface area contributed by atoms with E-state index in [9.17, 15) is 9.59 Å². The Kier molecular flexibility index (Phi) is 7.46. The minimum absolute atomic E-state index is 0.000536. The average Bonchev–Trinajstić information content (AvgIpc) is 3.21. The molecule has 0 unspecified atom stereocenters. The Morgan fingerprint density at radius 2 is 1.71 bits per heavy atom. The summed E-state index contributed by atoms with van der Waals surface area (Å²) in [7, 11) is 1.59. The number of aromatic nitrogens is 3. The Morgan fingerprint density at radius 1 is 1.06 bits per heavy atom. The molecule has 3 rings (SSSR count). The van der Waals surface area contributed by atoms with Crippen molar-refractivity contribution in [3.8, 4) is 5.75 Å². The largest absolute Gasteiger partial charge is 0.497 e. The molecule has 0 spiro atoms. The third-order valence-electron chi connectivity index (χ3n) is 4.85. The van der Waals surface area contributed by atoms with Gasteiger partial charge in [-0.05, 0) is 57.2 Å². The molecule has 0 radical (unpaired) electrons. The number of nitrogens with zero attached hydrogens (tertiary/aromatic N) is 3. The number of rotatable bonds is 9. The molecular formula is C23H26N4O3S. The molecule has 1 amide bonds. The summed E-state index contributed by atoms with van der Waals surface area (Å²) in [5.41, 5.74) is 2.32. The van der Waals surface area contributed by atoms with Gasteiger partial charge in [-0.2, -0.15) is 0 Å². The molecule has 0 aliphatic carbocycles. The highest BCUT2D eigenvalue weighted by Crippen LogP contribution is 2.22. The van der Waals surface area contributed by atoms with Crippen LogP contribution in [0.1, 0.15) is 52.0 Å². The molecule has 0 aliphatic heterocycles. The Morgan fingerprint density at radius 3 is 2.32 bits per heavy atom. The number of Topliss-reactive ketones (excluding diaryl/α,β-unsaturated/α-hetero) is 1. The maximum Gasteiger partial charge on any atom is 0.251 e. The Labute approximate surface area is 186 Å². The summed E-state index contributed by atoms with van der Waals surface area (Å²) in [6, 6.07) is 14.1. The van der Waals surface area contributed by atoms with Gasteiger partial charge in [0, 0.05) is 17.7 Å². The van der Waals surface area contributed by atoms with Crippen LogP contribution in [0.5, 0.6) is 5.75 Å². The van der Waals surface area contributed by atoms with E-state index in [0.29, 0.717) is 34.4 Å². The molecule has 1 atom stereocenters. The van der Waals surface area contributed by atoms with Crippen LogP contribution in [0.15, 0.2) is 53.7 Å². The van der Waals surface area contributed by atoms with E-state index in [4.69, 9.17) is 4.74 Å². The van der Waals surface area contributed by atoms with Gasteiger partial charge in [0.25, 0.3) is 5.91 Å². The molecule has 162 valence electrons. The minimum atomic E-state index is -0.326. The Hall–Kier alpha value is -3.13. The highest BCUT2D eigenvalue weighted by Gasteiger charge is 2.20. The van der Waals surface area contributed by atoms with Crippen molar-refractivity contribution in [2.75, 3.05) is 12.9 Å². The fourth-order valence-electron chi connectivity index (χ4n) is 3.06. The SMILES string of the molecule is CCn1c(SCC(=O)c2ccc(OC)cc2)nnc1[C@H](C)NC(=O)c1ccc(C)cc1. The van der Waals surface area contributed by atoms with E-state index in [1.807, 2.05) is 37.5 Å². The smallest absolute Gasteiger partial charge is 0.251 e. The highest BCUT2D eigenvalue weighted by atomic mass is 32.2. The van der Waals surface area contributed by atoms with Crippen LogP contribution in [0, 0.1) is 6.92 Å². The van der Waals surface area contributed by atoms with Crippen LogP contribution in [0.2, 0.25) is 0 Å². The number of hydrogen-bond donors (Lipinski definition) is 1. The molecule has 1 heterocycles. The lowest BCUT2D eigenvalue weighted by atomic mass is 10.1. The molecule has 3 aromatic rings. The standard InChI is InChI=1S/C23H26N4O3S/c1-5-27-21(16(3)24-22(29)18-8-6-15(2)7-9-18)25-26-23(27)31-14-20(28)17-10-12-19(30-4)13-11-17/h6-13,16H,5,14H2,1-4H3,(H,24,29)/t16-/m0/s1. The van der Waals surface area contributed by atoms with Crippen molar-refractivity contribution in [1.82, 2.24) is 20.1 Å².